The van der Waals surface area contributed by atoms with E-state index in [-0.39, 0.29) is 0 Å². The molecule has 0 bridgehead atoms. The zero-order valence-electron chi connectivity index (χ0n) is 9.18. The van der Waals surface area contributed by atoms with Crippen LogP contribution >= 0.6 is 11.6 Å². The van der Waals surface area contributed by atoms with Crippen LogP contribution in [0.3, 0.4) is 0 Å². The van der Waals surface area contributed by atoms with Crippen molar-refractivity contribution < 1.29 is 0 Å². The lowest BCUT2D eigenvalue weighted by Gasteiger charge is -2.13. The third-order valence-electron chi connectivity index (χ3n) is 3.12. The SMILES string of the molecule is C=CC(C)C1=CCc2c(Cl)ccc(C)c21. The van der Waals surface area contributed by atoms with Crippen LogP contribution in [-0.4, -0.2) is 0 Å². The van der Waals surface area contributed by atoms with Gasteiger partial charge in [-0.05, 0) is 47.6 Å². The Hall–Kier alpha value is -1.01. The topological polar surface area (TPSA) is 0 Å². The first kappa shape index (κ1) is 10.5. The van der Waals surface area contributed by atoms with Crippen LogP contribution in [-0.2, 0) is 6.42 Å². The van der Waals surface area contributed by atoms with Gasteiger partial charge < -0.3 is 0 Å². The Kier molecular flexibility index (Phi) is 2.70. The number of halogens is 1. The molecule has 0 aromatic heterocycles. The van der Waals surface area contributed by atoms with Gasteiger partial charge >= 0.3 is 0 Å². The number of hydrogen-bond donors (Lipinski definition) is 0. The van der Waals surface area contributed by atoms with Crippen molar-refractivity contribution in [3.8, 4) is 0 Å². The molecule has 0 heterocycles. The molecule has 78 valence electrons. The monoisotopic (exact) mass is 218 g/mol. The lowest BCUT2D eigenvalue weighted by Crippen LogP contribution is -1.96. The van der Waals surface area contributed by atoms with Gasteiger partial charge in [-0.2, -0.15) is 0 Å². The fourth-order valence-electron chi connectivity index (χ4n) is 2.20. The van der Waals surface area contributed by atoms with Gasteiger partial charge in [0, 0.05) is 5.02 Å². The molecule has 1 aromatic carbocycles. The smallest absolute Gasteiger partial charge is 0.0447 e. The van der Waals surface area contributed by atoms with Crippen LogP contribution < -0.4 is 0 Å². The van der Waals surface area contributed by atoms with Gasteiger partial charge in [0.1, 0.15) is 0 Å². The van der Waals surface area contributed by atoms with Gasteiger partial charge in [0.05, 0.1) is 0 Å². The molecule has 0 amide bonds. The maximum absolute atomic E-state index is 6.20. The van der Waals surface area contributed by atoms with E-state index in [0.29, 0.717) is 5.92 Å². The number of hydrogen-bond acceptors (Lipinski definition) is 0. The average Bonchev–Trinajstić information content (AvgIpc) is 2.68. The van der Waals surface area contributed by atoms with E-state index in [4.69, 9.17) is 11.6 Å². The Labute approximate surface area is 96.3 Å². The fraction of sp³-hybridized carbons (Fsp3) is 0.286. The Balaban J connectivity index is 2.56. The summed E-state index contributed by atoms with van der Waals surface area (Å²) < 4.78 is 0. The molecular weight excluding hydrogens is 204 g/mol. The van der Waals surface area contributed by atoms with E-state index in [1.165, 1.54) is 22.3 Å². The minimum Gasteiger partial charge on any atom is -0.102 e. The molecule has 1 aliphatic rings. The molecule has 1 heteroatoms. The number of benzene rings is 1. The molecule has 0 saturated carbocycles. The standard InChI is InChI=1S/C14H15Cl/c1-4-9(2)11-6-7-12-13(15)8-5-10(3)14(11)12/h4-6,8-9H,1,7H2,2-3H3. The third-order valence-corrected chi connectivity index (χ3v) is 3.48. The maximum atomic E-state index is 6.20. The third kappa shape index (κ3) is 1.63. The lowest BCUT2D eigenvalue weighted by molar-refractivity contribution is 0.969. The Morgan fingerprint density at radius 1 is 1.47 bits per heavy atom. The van der Waals surface area contributed by atoms with E-state index in [1.807, 2.05) is 12.1 Å². The summed E-state index contributed by atoms with van der Waals surface area (Å²) >= 11 is 6.20. The van der Waals surface area contributed by atoms with Gasteiger partial charge in [-0.25, -0.2) is 0 Å². The summed E-state index contributed by atoms with van der Waals surface area (Å²) in [5, 5.41) is 0.887. The highest BCUT2D eigenvalue weighted by atomic mass is 35.5. The van der Waals surface area contributed by atoms with Crippen LogP contribution in [0, 0.1) is 12.8 Å². The summed E-state index contributed by atoms with van der Waals surface area (Å²) in [5.41, 5.74) is 5.31. The van der Waals surface area contributed by atoms with Gasteiger partial charge in [-0.1, -0.05) is 36.7 Å². The van der Waals surface area contributed by atoms with Crippen LogP contribution in [0.25, 0.3) is 5.57 Å². The molecular formula is C14H15Cl. The van der Waals surface area contributed by atoms with E-state index >= 15 is 0 Å². The largest absolute Gasteiger partial charge is 0.102 e. The fourth-order valence-corrected chi connectivity index (χ4v) is 2.43. The minimum atomic E-state index is 0.406. The number of rotatable bonds is 2. The van der Waals surface area contributed by atoms with E-state index in [0.717, 1.165) is 11.4 Å². The molecule has 1 atom stereocenters. The second-order valence-electron chi connectivity index (χ2n) is 4.11. The summed E-state index contributed by atoms with van der Waals surface area (Å²) in [7, 11) is 0. The van der Waals surface area contributed by atoms with Crippen molar-refractivity contribution >= 4 is 17.2 Å². The van der Waals surface area contributed by atoms with Crippen LogP contribution in [0.1, 0.15) is 23.6 Å². The van der Waals surface area contributed by atoms with E-state index < -0.39 is 0 Å². The van der Waals surface area contributed by atoms with Crippen LogP contribution in [0.5, 0.6) is 0 Å². The first-order valence-electron chi connectivity index (χ1n) is 5.26. The summed E-state index contributed by atoms with van der Waals surface area (Å²) in [6.07, 6.45) is 5.22. The first-order chi connectivity index (χ1) is 7.15. The molecule has 15 heavy (non-hydrogen) atoms. The molecule has 0 aliphatic heterocycles. The molecule has 0 N–H and O–H groups in total. The van der Waals surface area contributed by atoms with Crippen molar-refractivity contribution in [1.29, 1.82) is 0 Å². The quantitative estimate of drug-likeness (QED) is 0.645. The van der Waals surface area contributed by atoms with Crippen molar-refractivity contribution in [2.75, 3.05) is 0 Å². The van der Waals surface area contributed by atoms with Gasteiger partial charge in [0.25, 0.3) is 0 Å². The summed E-state index contributed by atoms with van der Waals surface area (Å²) in [4.78, 5) is 0. The van der Waals surface area contributed by atoms with Crippen molar-refractivity contribution in [2.45, 2.75) is 20.3 Å². The van der Waals surface area contributed by atoms with Gasteiger partial charge in [-0.15, -0.1) is 6.58 Å². The molecule has 0 saturated heterocycles. The highest BCUT2D eigenvalue weighted by Gasteiger charge is 2.21. The summed E-state index contributed by atoms with van der Waals surface area (Å²) in [6, 6.07) is 4.08. The molecule has 0 fully saturated rings. The predicted octanol–water partition coefficient (Wildman–Crippen LogP) is 4.41. The van der Waals surface area contributed by atoms with E-state index in [9.17, 15) is 0 Å². The van der Waals surface area contributed by atoms with Crippen LogP contribution in [0.4, 0.5) is 0 Å². The first-order valence-corrected chi connectivity index (χ1v) is 5.64. The highest BCUT2D eigenvalue weighted by molar-refractivity contribution is 6.31. The van der Waals surface area contributed by atoms with E-state index in [2.05, 4.69) is 32.6 Å². The molecule has 1 aromatic rings. The van der Waals surface area contributed by atoms with Gasteiger partial charge in [-0.3, -0.25) is 0 Å². The second kappa shape index (κ2) is 3.86. The summed E-state index contributed by atoms with van der Waals surface area (Å²) in [6.45, 7) is 8.17. The summed E-state index contributed by atoms with van der Waals surface area (Å²) in [5.74, 6) is 0.406. The molecule has 1 unspecified atom stereocenters. The number of aryl methyl sites for hydroxylation is 1. The second-order valence-corrected chi connectivity index (χ2v) is 4.51. The Bertz CT molecular complexity index is 441. The van der Waals surface area contributed by atoms with Gasteiger partial charge in [0.15, 0.2) is 0 Å². The number of allylic oxidation sites excluding steroid dienone is 3. The van der Waals surface area contributed by atoms with Crippen molar-refractivity contribution in [3.05, 3.63) is 52.6 Å². The van der Waals surface area contributed by atoms with Gasteiger partial charge in [0.2, 0.25) is 0 Å². The molecule has 2 rings (SSSR count). The molecule has 0 spiro atoms. The average molecular weight is 219 g/mol. The lowest BCUT2D eigenvalue weighted by atomic mass is 9.92. The van der Waals surface area contributed by atoms with Crippen LogP contribution in [0.15, 0.2) is 30.9 Å². The van der Waals surface area contributed by atoms with Crippen molar-refractivity contribution in [2.24, 2.45) is 5.92 Å². The van der Waals surface area contributed by atoms with Crippen LogP contribution in [0.2, 0.25) is 5.02 Å². The zero-order valence-corrected chi connectivity index (χ0v) is 9.93. The predicted molar refractivity (Wildman–Crippen MR) is 67.2 cm³/mol. The number of fused-ring (bicyclic) bond motifs is 1. The highest BCUT2D eigenvalue weighted by Crippen LogP contribution is 2.38. The maximum Gasteiger partial charge on any atom is 0.0447 e. The van der Waals surface area contributed by atoms with Crippen molar-refractivity contribution in [1.82, 2.24) is 0 Å². The Morgan fingerprint density at radius 3 is 2.87 bits per heavy atom. The minimum absolute atomic E-state index is 0.406. The molecule has 0 nitrogen and oxygen atoms in total. The molecule has 0 radical (unpaired) electrons. The van der Waals surface area contributed by atoms with E-state index in [1.54, 1.807) is 0 Å². The Morgan fingerprint density at radius 2 is 2.20 bits per heavy atom. The normalized spacial score (nSPS) is 15.8. The molecule has 1 aliphatic carbocycles. The zero-order chi connectivity index (χ0) is 11.0. The van der Waals surface area contributed by atoms with Crippen molar-refractivity contribution in [3.63, 3.8) is 0 Å².